The van der Waals surface area contributed by atoms with Gasteiger partial charge in [0.25, 0.3) is 11.5 Å². The van der Waals surface area contributed by atoms with E-state index in [0.29, 0.717) is 35.6 Å². The molecule has 0 spiro atoms. The molecular weight excluding hydrogens is 518 g/mol. The Kier molecular flexibility index (Phi) is 11.2. The van der Waals surface area contributed by atoms with Crippen molar-refractivity contribution >= 4 is 11.6 Å². The average Bonchev–Trinajstić information content (AvgIpc) is 2.97. The molecule has 2 aliphatic rings. The fraction of sp³-hybridized carbons (Fsp3) is 0.625. The number of hydrogen-bond acceptors (Lipinski definition) is 7. The van der Waals surface area contributed by atoms with Crippen LogP contribution in [0.5, 0.6) is 5.75 Å². The molecule has 1 saturated heterocycles. The number of morpholine rings is 1. The van der Waals surface area contributed by atoms with Crippen molar-refractivity contribution in [2.45, 2.75) is 78.4 Å². The molecule has 1 aromatic heterocycles. The number of pyridine rings is 1. The van der Waals surface area contributed by atoms with Gasteiger partial charge in [0.05, 0.1) is 19.8 Å². The Labute approximate surface area is 245 Å². The second-order valence-corrected chi connectivity index (χ2v) is 11.5. The molecule has 0 unspecified atom stereocenters. The van der Waals surface area contributed by atoms with Gasteiger partial charge in [0.1, 0.15) is 5.75 Å². The Morgan fingerprint density at radius 2 is 1.85 bits per heavy atom. The van der Waals surface area contributed by atoms with E-state index in [-0.39, 0.29) is 18.0 Å². The summed E-state index contributed by atoms with van der Waals surface area (Å²) in [6.07, 6.45) is 5.42. The summed E-state index contributed by atoms with van der Waals surface area (Å²) in [6, 6.07) is 6.90. The Morgan fingerprint density at radius 1 is 1.12 bits per heavy atom. The zero-order valence-electron chi connectivity index (χ0n) is 25.6. The number of nitrogens with zero attached hydrogens (tertiary/aromatic N) is 2. The lowest BCUT2D eigenvalue weighted by molar-refractivity contribution is 0.0358. The van der Waals surface area contributed by atoms with Crippen LogP contribution in [-0.4, -0.2) is 80.9 Å². The zero-order chi connectivity index (χ0) is 29.4. The fourth-order valence-corrected chi connectivity index (χ4v) is 6.26. The third-order valence-electron chi connectivity index (χ3n) is 8.70. The van der Waals surface area contributed by atoms with E-state index < -0.39 is 0 Å². The molecule has 9 nitrogen and oxygen atoms in total. The number of aryl methyl sites for hydroxylation is 2. The molecule has 1 aliphatic carbocycles. The van der Waals surface area contributed by atoms with Crippen LogP contribution >= 0.6 is 0 Å². The number of carbonyl (C=O) groups excluding carboxylic acids is 1. The number of ether oxygens (including phenoxy) is 2. The van der Waals surface area contributed by atoms with Crippen molar-refractivity contribution in [2.24, 2.45) is 0 Å². The molecule has 1 aromatic carbocycles. The lowest BCUT2D eigenvalue weighted by Crippen LogP contribution is -2.42. The molecule has 2 fully saturated rings. The second-order valence-electron chi connectivity index (χ2n) is 11.5. The van der Waals surface area contributed by atoms with Crippen LogP contribution in [0.4, 0.5) is 5.69 Å². The first-order valence-corrected chi connectivity index (χ1v) is 15.3. The largest absolute Gasteiger partial charge is 0.493 e. The molecule has 0 radical (unpaired) electrons. The van der Waals surface area contributed by atoms with Crippen LogP contribution in [0.25, 0.3) is 0 Å². The molecular formula is C32H49N5O4. The first kappa shape index (κ1) is 31.1. The number of carbonyl (C=O) groups is 1. The van der Waals surface area contributed by atoms with E-state index in [1.807, 2.05) is 40.0 Å². The van der Waals surface area contributed by atoms with Gasteiger partial charge in [-0.1, -0.05) is 0 Å². The van der Waals surface area contributed by atoms with E-state index in [4.69, 9.17) is 9.47 Å². The monoisotopic (exact) mass is 567 g/mol. The molecule has 2 heterocycles. The molecule has 1 aliphatic heterocycles. The normalized spacial score (nSPS) is 19.6. The highest BCUT2D eigenvalue weighted by Gasteiger charge is 2.27. The highest BCUT2D eigenvalue weighted by molar-refractivity contribution is 5.97. The van der Waals surface area contributed by atoms with Gasteiger partial charge in [-0.3, -0.25) is 14.5 Å². The summed E-state index contributed by atoms with van der Waals surface area (Å²) < 4.78 is 11.7. The smallest absolute Gasteiger partial charge is 0.253 e. The molecule has 4 rings (SSSR count). The van der Waals surface area contributed by atoms with Crippen LogP contribution in [-0.2, 0) is 11.3 Å². The van der Waals surface area contributed by atoms with Crippen molar-refractivity contribution in [3.05, 3.63) is 56.5 Å². The minimum Gasteiger partial charge on any atom is -0.493 e. The van der Waals surface area contributed by atoms with Gasteiger partial charge in [-0.2, -0.15) is 0 Å². The van der Waals surface area contributed by atoms with Crippen LogP contribution in [0, 0.1) is 20.8 Å². The third-order valence-corrected chi connectivity index (χ3v) is 8.70. The maximum atomic E-state index is 13.6. The Hall–Kier alpha value is -2.88. The standard InChI is InChI=1S/C32H49N5O4/c1-6-37(26-10-8-25(33-5)9-11-26)30-20-27(41-15-7-12-36-13-16-40-17-14-36)19-28(24(30)4)31(38)34-21-29-22(2)18-23(3)35-32(29)39/h18-20,25-26,33H,6-17,21H2,1-5H3,(H,34,38)(H,35,39). The number of aromatic amines is 1. The SMILES string of the molecule is CCN(c1cc(OCCCN2CCOCC2)cc(C(=O)NCc2c(C)cc(C)[nH]c2=O)c1C)C1CCC(NC)CC1. The lowest BCUT2D eigenvalue weighted by Gasteiger charge is -2.39. The average molecular weight is 568 g/mol. The maximum Gasteiger partial charge on any atom is 0.253 e. The fourth-order valence-electron chi connectivity index (χ4n) is 6.26. The molecule has 0 atom stereocenters. The highest BCUT2D eigenvalue weighted by Crippen LogP contribution is 2.34. The third kappa shape index (κ3) is 8.11. The number of benzene rings is 1. The second kappa shape index (κ2) is 14.8. The summed E-state index contributed by atoms with van der Waals surface area (Å²) in [4.78, 5) is 33.9. The van der Waals surface area contributed by atoms with E-state index in [1.54, 1.807) is 0 Å². The number of anilines is 1. The molecule has 9 heteroatoms. The van der Waals surface area contributed by atoms with Crippen molar-refractivity contribution in [1.29, 1.82) is 0 Å². The van der Waals surface area contributed by atoms with E-state index in [1.165, 1.54) is 0 Å². The summed E-state index contributed by atoms with van der Waals surface area (Å²) in [6.45, 7) is 14.1. The van der Waals surface area contributed by atoms with Gasteiger partial charge < -0.3 is 30.0 Å². The number of aromatic nitrogens is 1. The molecule has 3 N–H and O–H groups in total. The molecule has 2 aromatic rings. The van der Waals surface area contributed by atoms with Crippen LogP contribution in [0.2, 0.25) is 0 Å². The van der Waals surface area contributed by atoms with Gasteiger partial charge in [0.2, 0.25) is 0 Å². The van der Waals surface area contributed by atoms with Crippen molar-refractivity contribution in [3.63, 3.8) is 0 Å². The Bertz CT molecular complexity index is 1220. The molecule has 0 bridgehead atoms. The van der Waals surface area contributed by atoms with Gasteiger partial charge in [0, 0.05) is 73.4 Å². The van der Waals surface area contributed by atoms with Crippen molar-refractivity contribution in [3.8, 4) is 5.75 Å². The predicted octanol–water partition coefficient (Wildman–Crippen LogP) is 3.69. The number of H-pyrrole nitrogens is 1. The molecule has 1 amide bonds. The van der Waals surface area contributed by atoms with Crippen LogP contribution < -0.4 is 25.8 Å². The molecule has 226 valence electrons. The summed E-state index contributed by atoms with van der Waals surface area (Å²) in [5, 5.41) is 6.44. The van der Waals surface area contributed by atoms with Crippen LogP contribution in [0.1, 0.15) is 71.8 Å². The van der Waals surface area contributed by atoms with E-state index in [2.05, 4.69) is 38.4 Å². The van der Waals surface area contributed by atoms with Crippen molar-refractivity contribution in [1.82, 2.24) is 20.5 Å². The van der Waals surface area contributed by atoms with Gasteiger partial charge in [0.15, 0.2) is 0 Å². The minimum atomic E-state index is -0.197. The first-order valence-electron chi connectivity index (χ1n) is 15.3. The summed E-state index contributed by atoms with van der Waals surface area (Å²) in [5.74, 6) is 0.515. The van der Waals surface area contributed by atoms with E-state index in [0.717, 1.165) is 94.0 Å². The number of amides is 1. The van der Waals surface area contributed by atoms with E-state index in [9.17, 15) is 9.59 Å². The van der Waals surface area contributed by atoms with Gasteiger partial charge in [-0.05, 0) is 90.1 Å². The van der Waals surface area contributed by atoms with Crippen molar-refractivity contribution < 1.29 is 14.3 Å². The summed E-state index contributed by atoms with van der Waals surface area (Å²) in [5.41, 5.74) is 4.69. The number of nitrogens with one attached hydrogen (secondary N) is 3. The van der Waals surface area contributed by atoms with Gasteiger partial charge in [-0.25, -0.2) is 0 Å². The van der Waals surface area contributed by atoms with E-state index >= 15 is 0 Å². The maximum absolute atomic E-state index is 13.6. The van der Waals surface area contributed by atoms with Gasteiger partial charge >= 0.3 is 0 Å². The van der Waals surface area contributed by atoms with Crippen LogP contribution in [0.3, 0.4) is 0 Å². The van der Waals surface area contributed by atoms with Gasteiger partial charge in [-0.15, -0.1) is 0 Å². The van der Waals surface area contributed by atoms with Crippen molar-refractivity contribution in [2.75, 3.05) is 57.9 Å². The first-order chi connectivity index (χ1) is 19.8. The highest BCUT2D eigenvalue weighted by atomic mass is 16.5. The Balaban J connectivity index is 1.54. The zero-order valence-corrected chi connectivity index (χ0v) is 25.6. The predicted molar refractivity (Wildman–Crippen MR) is 164 cm³/mol. The van der Waals surface area contributed by atoms with Crippen LogP contribution in [0.15, 0.2) is 23.0 Å². The molecule has 41 heavy (non-hydrogen) atoms. The Morgan fingerprint density at radius 3 is 2.51 bits per heavy atom. The quantitative estimate of drug-likeness (QED) is 0.337. The molecule has 1 saturated carbocycles. The topological polar surface area (TPSA) is 98.9 Å². The lowest BCUT2D eigenvalue weighted by atomic mass is 9.89. The number of hydrogen-bond donors (Lipinski definition) is 3. The summed E-state index contributed by atoms with van der Waals surface area (Å²) >= 11 is 0. The minimum absolute atomic E-state index is 0.160. The summed E-state index contributed by atoms with van der Waals surface area (Å²) in [7, 11) is 2.05. The number of rotatable bonds is 12.